The van der Waals surface area contributed by atoms with Crippen molar-refractivity contribution in [1.82, 2.24) is 10.2 Å². The third-order valence-corrected chi connectivity index (χ3v) is 10.1. The Balaban J connectivity index is 1.80. The van der Waals surface area contributed by atoms with Gasteiger partial charge in [-0.3, -0.25) is 13.9 Å². The van der Waals surface area contributed by atoms with E-state index < -0.39 is 28.5 Å². The van der Waals surface area contributed by atoms with Gasteiger partial charge in [0, 0.05) is 28.0 Å². The van der Waals surface area contributed by atoms with Crippen molar-refractivity contribution in [3.8, 4) is 0 Å². The van der Waals surface area contributed by atoms with Crippen LogP contribution in [0.4, 0.5) is 5.69 Å². The van der Waals surface area contributed by atoms with E-state index in [0.717, 1.165) is 26.3 Å². The second-order valence-electron chi connectivity index (χ2n) is 10.5. The largest absolute Gasteiger partial charge is 0.352 e. The molecule has 4 aromatic carbocycles. The lowest BCUT2D eigenvalue weighted by atomic mass is 10.0. The van der Waals surface area contributed by atoms with Gasteiger partial charge in [0.2, 0.25) is 11.8 Å². The summed E-state index contributed by atoms with van der Waals surface area (Å²) in [7, 11) is -4.15. The molecule has 230 valence electrons. The molecule has 7 nitrogen and oxygen atoms in total. The van der Waals surface area contributed by atoms with Crippen LogP contribution in [0.15, 0.2) is 123 Å². The van der Waals surface area contributed by atoms with Crippen LogP contribution in [0.3, 0.4) is 0 Å². The first-order valence-electron chi connectivity index (χ1n) is 14.3. The molecule has 0 bridgehead atoms. The third-order valence-electron chi connectivity index (χ3n) is 7.24. The lowest BCUT2D eigenvalue weighted by molar-refractivity contribution is -0.140. The van der Waals surface area contributed by atoms with E-state index in [9.17, 15) is 18.0 Å². The smallest absolute Gasteiger partial charge is 0.264 e. The number of amides is 2. The van der Waals surface area contributed by atoms with E-state index in [-0.39, 0.29) is 29.8 Å². The fourth-order valence-electron chi connectivity index (χ4n) is 4.66. The Morgan fingerprint density at radius 1 is 0.795 bits per heavy atom. The molecule has 0 radical (unpaired) electrons. The number of carbonyl (C=O) groups is 2. The summed E-state index contributed by atoms with van der Waals surface area (Å²) in [5.74, 6) is -0.804. The van der Waals surface area contributed by atoms with Crippen LogP contribution in [0.2, 0.25) is 0 Å². The molecule has 2 atom stereocenters. The van der Waals surface area contributed by atoms with E-state index in [1.54, 1.807) is 42.5 Å². The third kappa shape index (κ3) is 8.80. The topological polar surface area (TPSA) is 86.8 Å². The van der Waals surface area contributed by atoms with Crippen molar-refractivity contribution in [3.05, 3.63) is 129 Å². The van der Waals surface area contributed by atoms with Gasteiger partial charge in [-0.1, -0.05) is 106 Å². The molecule has 0 fully saturated rings. The van der Waals surface area contributed by atoms with Crippen LogP contribution in [0.1, 0.15) is 31.4 Å². The van der Waals surface area contributed by atoms with Gasteiger partial charge in [0.05, 0.1) is 10.6 Å². The summed E-state index contributed by atoms with van der Waals surface area (Å²) in [6, 6.07) is 30.8. The minimum Gasteiger partial charge on any atom is -0.352 e. The molecule has 0 saturated heterocycles. The predicted octanol–water partition coefficient (Wildman–Crippen LogP) is 6.96. The molecule has 0 saturated carbocycles. The lowest BCUT2D eigenvalue weighted by Crippen LogP contribution is -2.54. The van der Waals surface area contributed by atoms with Gasteiger partial charge < -0.3 is 10.2 Å². The van der Waals surface area contributed by atoms with Crippen LogP contribution >= 0.6 is 31.9 Å². The fourth-order valence-corrected chi connectivity index (χ4v) is 6.74. The molecule has 0 aromatic heterocycles. The number of anilines is 1. The second kappa shape index (κ2) is 15.5. The quantitative estimate of drug-likeness (QED) is 0.161. The number of nitrogens with zero attached hydrogens (tertiary/aromatic N) is 2. The van der Waals surface area contributed by atoms with Crippen LogP contribution < -0.4 is 9.62 Å². The van der Waals surface area contributed by atoms with E-state index in [4.69, 9.17) is 0 Å². The van der Waals surface area contributed by atoms with Crippen molar-refractivity contribution >= 4 is 59.4 Å². The Labute approximate surface area is 276 Å². The molecule has 0 heterocycles. The molecule has 0 spiro atoms. The highest BCUT2D eigenvalue weighted by atomic mass is 79.9. The molecule has 44 heavy (non-hydrogen) atoms. The predicted molar refractivity (Wildman–Crippen MR) is 182 cm³/mol. The first kappa shape index (κ1) is 33.4. The molecule has 10 heteroatoms. The Morgan fingerprint density at radius 3 is 2.05 bits per heavy atom. The van der Waals surface area contributed by atoms with Crippen molar-refractivity contribution in [1.29, 1.82) is 0 Å². The number of halogens is 2. The monoisotopic (exact) mass is 739 g/mol. The van der Waals surface area contributed by atoms with Crippen molar-refractivity contribution < 1.29 is 18.0 Å². The minimum absolute atomic E-state index is 0.0579. The van der Waals surface area contributed by atoms with Crippen molar-refractivity contribution in [2.75, 3.05) is 10.8 Å². The average molecular weight is 742 g/mol. The minimum atomic E-state index is -4.15. The van der Waals surface area contributed by atoms with Crippen LogP contribution in [0.5, 0.6) is 0 Å². The van der Waals surface area contributed by atoms with Crippen molar-refractivity contribution in [2.45, 2.75) is 50.2 Å². The summed E-state index contributed by atoms with van der Waals surface area (Å²) in [5, 5.41) is 3.05. The van der Waals surface area contributed by atoms with E-state index in [1.165, 1.54) is 17.0 Å². The van der Waals surface area contributed by atoms with Crippen LogP contribution in [0.25, 0.3) is 0 Å². The number of hydrogen-bond acceptors (Lipinski definition) is 4. The number of rotatable bonds is 13. The normalized spacial score (nSPS) is 12.6. The molecule has 4 rings (SSSR count). The molecule has 2 amide bonds. The molecule has 0 aliphatic heterocycles. The standard InChI is InChI=1S/C34H35Br2N3O4S/c1-3-25(2)37-34(41)32(21-26-11-6-4-7-12-26)38(23-27-17-19-28(35)20-18-27)33(40)24-39(30-14-10-13-29(36)22-30)44(42,43)31-15-8-5-9-16-31/h4-20,22,25,32H,3,21,23-24H2,1-2H3,(H,37,41)/t25-,32-/m1/s1. The molecule has 4 aromatic rings. The molecule has 0 aliphatic carbocycles. The van der Waals surface area contributed by atoms with Gasteiger partial charge >= 0.3 is 0 Å². The molecule has 0 aliphatic rings. The second-order valence-corrected chi connectivity index (χ2v) is 14.2. The SMILES string of the molecule is CC[C@@H](C)NC(=O)[C@@H](Cc1ccccc1)N(Cc1ccc(Br)cc1)C(=O)CN(c1cccc(Br)c1)S(=O)(=O)c1ccccc1. The maximum Gasteiger partial charge on any atom is 0.264 e. The van der Waals surface area contributed by atoms with Gasteiger partial charge in [-0.05, 0) is 66.9 Å². The summed E-state index contributed by atoms with van der Waals surface area (Å²) in [6.07, 6.45) is 0.976. The molecular formula is C34H35Br2N3O4S. The van der Waals surface area contributed by atoms with E-state index in [0.29, 0.717) is 10.2 Å². The number of nitrogens with one attached hydrogen (secondary N) is 1. The summed E-state index contributed by atoms with van der Waals surface area (Å²) >= 11 is 6.89. The highest BCUT2D eigenvalue weighted by Gasteiger charge is 2.35. The Bertz CT molecular complexity index is 1650. The number of carbonyl (C=O) groups excluding carboxylic acids is 2. The average Bonchev–Trinajstić information content (AvgIpc) is 3.03. The van der Waals surface area contributed by atoms with Crippen LogP contribution in [0, 0.1) is 0 Å². The summed E-state index contributed by atoms with van der Waals surface area (Å²) in [6.45, 7) is 3.49. The van der Waals surface area contributed by atoms with E-state index in [2.05, 4.69) is 37.2 Å². The van der Waals surface area contributed by atoms with E-state index in [1.807, 2.05) is 68.4 Å². The number of benzene rings is 4. The fraction of sp³-hybridized carbons (Fsp3) is 0.235. The zero-order chi connectivity index (χ0) is 31.7. The Hall–Kier alpha value is -3.47. The Morgan fingerprint density at radius 2 is 1.43 bits per heavy atom. The summed E-state index contributed by atoms with van der Waals surface area (Å²) in [4.78, 5) is 29.9. The Kier molecular flexibility index (Phi) is 11.8. The maximum absolute atomic E-state index is 14.5. The zero-order valence-corrected chi connectivity index (χ0v) is 28.6. The van der Waals surface area contributed by atoms with Crippen LogP contribution in [-0.2, 0) is 32.6 Å². The highest BCUT2D eigenvalue weighted by molar-refractivity contribution is 9.10. The van der Waals surface area contributed by atoms with Gasteiger partial charge in [-0.2, -0.15) is 0 Å². The first-order valence-corrected chi connectivity index (χ1v) is 17.3. The van der Waals surface area contributed by atoms with Crippen molar-refractivity contribution in [2.24, 2.45) is 0 Å². The van der Waals surface area contributed by atoms with Gasteiger partial charge in [0.1, 0.15) is 12.6 Å². The zero-order valence-electron chi connectivity index (χ0n) is 24.6. The van der Waals surface area contributed by atoms with Crippen molar-refractivity contribution in [3.63, 3.8) is 0 Å². The lowest BCUT2D eigenvalue weighted by Gasteiger charge is -2.34. The molecule has 1 N–H and O–H groups in total. The molecular weight excluding hydrogens is 706 g/mol. The molecule has 0 unspecified atom stereocenters. The van der Waals surface area contributed by atoms with Gasteiger partial charge in [-0.25, -0.2) is 8.42 Å². The van der Waals surface area contributed by atoms with E-state index >= 15 is 0 Å². The highest BCUT2D eigenvalue weighted by Crippen LogP contribution is 2.27. The van der Waals surface area contributed by atoms with Gasteiger partial charge in [-0.15, -0.1) is 0 Å². The number of hydrogen-bond donors (Lipinski definition) is 1. The maximum atomic E-state index is 14.5. The van der Waals surface area contributed by atoms with Gasteiger partial charge in [0.25, 0.3) is 10.0 Å². The summed E-state index contributed by atoms with van der Waals surface area (Å²) < 4.78 is 30.7. The van der Waals surface area contributed by atoms with Crippen LogP contribution in [-0.4, -0.2) is 43.8 Å². The number of sulfonamides is 1. The van der Waals surface area contributed by atoms with Gasteiger partial charge in [0.15, 0.2) is 0 Å². The summed E-state index contributed by atoms with van der Waals surface area (Å²) in [5.41, 5.74) is 2.01. The first-order chi connectivity index (χ1) is 21.1.